The lowest BCUT2D eigenvalue weighted by molar-refractivity contribution is -0.118. The largest absolute Gasteiger partial charge is 0.491 e. The monoisotopic (exact) mass is 321 g/mol. The molecule has 0 fully saturated rings. The Kier molecular flexibility index (Phi) is 4.41. The van der Waals surface area contributed by atoms with E-state index in [4.69, 9.17) is 10.5 Å². The van der Waals surface area contributed by atoms with E-state index in [9.17, 15) is 4.79 Å². The van der Waals surface area contributed by atoms with Crippen molar-refractivity contribution in [3.8, 4) is 5.75 Å². The zero-order valence-electron chi connectivity index (χ0n) is 7.30. The summed E-state index contributed by atoms with van der Waals surface area (Å²) in [6, 6.07) is 5.61. The molecule has 0 heterocycles. The van der Waals surface area contributed by atoms with Crippen LogP contribution in [-0.2, 0) is 4.79 Å². The van der Waals surface area contributed by atoms with Crippen LogP contribution >= 0.6 is 31.9 Å². The van der Waals surface area contributed by atoms with E-state index in [1.165, 1.54) is 0 Å². The minimum Gasteiger partial charge on any atom is -0.491 e. The van der Waals surface area contributed by atoms with E-state index >= 15 is 0 Å². The summed E-state index contributed by atoms with van der Waals surface area (Å²) in [6.45, 7) is 0.288. The van der Waals surface area contributed by atoms with Gasteiger partial charge in [0.15, 0.2) is 0 Å². The van der Waals surface area contributed by atoms with Crippen molar-refractivity contribution < 1.29 is 9.53 Å². The van der Waals surface area contributed by atoms with E-state index in [0.29, 0.717) is 5.75 Å². The number of amides is 1. The molecule has 0 aliphatic rings. The van der Waals surface area contributed by atoms with Crippen molar-refractivity contribution in [3.05, 3.63) is 27.1 Å². The van der Waals surface area contributed by atoms with E-state index in [-0.39, 0.29) is 18.9 Å². The predicted molar refractivity (Wildman–Crippen MR) is 61.1 cm³/mol. The Bertz CT molecular complexity index is 321. The molecule has 0 saturated heterocycles. The highest BCUT2D eigenvalue weighted by Crippen LogP contribution is 2.32. The average Bonchev–Trinajstić information content (AvgIpc) is 2.09. The van der Waals surface area contributed by atoms with Crippen molar-refractivity contribution in [2.45, 2.75) is 6.42 Å². The lowest BCUT2D eigenvalue weighted by Gasteiger charge is -2.08. The first-order valence-electron chi connectivity index (χ1n) is 3.96. The Morgan fingerprint density at radius 3 is 2.43 bits per heavy atom. The van der Waals surface area contributed by atoms with Gasteiger partial charge in [-0.15, -0.1) is 0 Å². The molecule has 76 valence electrons. The van der Waals surface area contributed by atoms with Crippen LogP contribution in [0.1, 0.15) is 6.42 Å². The van der Waals surface area contributed by atoms with Crippen LogP contribution in [0.15, 0.2) is 27.1 Å². The number of para-hydroxylation sites is 1. The molecule has 0 radical (unpaired) electrons. The third kappa shape index (κ3) is 3.31. The van der Waals surface area contributed by atoms with Gasteiger partial charge in [-0.1, -0.05) is 6.07 Å². The predicted octanol–water partition coefficient (Wildman–Crippen LogP) is 2.47. The average molecular weight is 323 g/mol. The van der Waals surface area contributed by atoms with Crippen LogP contribution in [0.25, 0.3) is 0 Å². The Labute approximate surface area is 98.9 Å². The molecule has 1 rings (SSSR count). The zero-order chi connectivity index (χ0) is 10.6. The van der Waals surface area contributed by atoms with Crippen LogP contribution < -0.4 is 10.5 Å². The molecule has 1 aromatic carbocycles. The fourth-order valence-corrected chi connectivity index (χ4v) is 2.10. The quantitative estimate of drug-likeness (QED) is 0.925. The second kappa shape index (κ2) is 5.36. The van der Waals surface area contributed by atoms with Gasteiger partial charge in [-0.25, -0.2) is 0 Å². The Morgan fingerprint density at radius 1 is 1.36 bits per heavy atom. The van der Waals surface area contributed by atoms with E-state index < -0.39 is 0 Å². The first-order chi connectivity index (χ1) is 6.61. The summed E-state index contributed by atoms with van der Waals surface area (Å²) in [5, 5.41) is 0. The molecular formula is C9H9Br2NO2. The number of carbonyl (C=O) groups excluding carboxylic acids is 1. The molecule has 0 aliphatic heterocycles. The smallest absolute Gasteiger partial charge is 0.220 e. The van der Waals surface area contributed by atoms with Gasteiger partial charge in [-0.2, -0.15) is 0 Å². The summed E-state index contributed by atoms with van der Waals surface area (Å²) in [5.41, 5.74) is 4.99. The first-order valence-corrected chi connectivity index (χ1v) is 5.55. The van der Waals surface area contributed by atoms with Gasteiger partial charge in [-0.05, 0) is 44.0 Å². The summed E-state index contributed by atoms with van der Waals surface area (Å²) in [4.78, 5) is 10.5. The molecule has 5 heteroatoms. The maximum atomic E-state index is 10.5. The normalized spacial score (nSPS) is 9.86. The Morgan fingerprint density at radius 2 is 1.93 bits per heavy atom. The summed E-state index contributed by atoms with van der Waals surface area (Å²) >= 11 is 6.69. The number of hydrogen-bond donors (Lipinski definition) is 1. The molecule has 0 atom stereocenters. The fourth-order valence-electron chi connectivity index (χ4n) is 0.874. The minimum absolute atomic E-state index is 0.216. The molecule has 14 heavy (non-hydrogen) atoms. The van der Waals surface area contributed by atoms with Crippen LogP contribution in [0, 0.1) is 0 Å². The standard InChI is InChI=1S/C9H9Br2NO2/c10-6-2-1-3-7(11)9(6)14-5-4-8(12)13/h1-3H,4-5H2,(H2,12,13). The van der Waals surface area contributed by atoms with E-state index in [1.54, 1.807) is 0 Å². The van der Waals surface area contributed by atoms with Gasteiger partial charge in [0.1, 0.15) is 5.75 Å². The number of hydrogen-bond acceptors (Lipinski definition) is 2. The molecule has 0 spiro atoms. The molecule has 1 aromatic rings. The molecular weight excluding hydrogens is 314 g/mol. The SMILES string of the molecule is NC(=O)CCOc1c(Br)cccc1Br. The highest BCUT2D eigenvalue weighted by Gasteiger charge is 2.05. The van der Waals surface area contributed by atoms with Gasteiger partial charge in [0.2, 0.25) is 5.91 Å². The third-order valence-corrected chi connectivity index (χ3v) is 2.76. The second-order valence-corrected chi connectivity index (χ2v) is 4.32. The van der Waals surface area contributed by atoms with Crippen molar-refractivity contribution in [3.63, 3.8) is 0 Å². The topological polar surface area (TPSA) is 52.3 Å². The lowest BCUT2D eigenvalue weighted by Crippen LogP contribution is -2.14. The van der Waals surface area contributed by atoms with Gasteiger partial charge >= 0.3 is 0 Å². The maximum Gasteiger partial charge on any atom is 0.220 e. The number of rotatable bonds is 4. The number of halogens is 2. The fraction of sp³-hybridized carbons (Fsp3) is 0.222. The molecule has 0 aliphatic carbocycles. The van der Waals surface area contributed by atoms with Crippen LogP contribution in [0.4, 0.5) is 0 Å². The molecule has 3 nitrogen and oxygen atoms in total. The summed E-state index contributed by atoms with van der Waals surface area (Å²) in [5.74, 6) is 0.321. The van der Waals surface area contributed by atoms with Gasteiger partial charge in [0.05, 0.1) is 22.0 Å². The van der Waals surface area contributed by atoms with Crippen LogP contribution in [0.3, 0.4) is 0 Å². The van der Waals surface area contributed by atoms with E-state index in [2.05, 4.69) is 31.9 Å². The van der Waals surface area contributed by atoms with Crippen molar-refractivity contribution >= 4 is 37.8 Å². The molecule has 0 aromatic heterocycles. The summed E-state index contributed by atoms with van der Waals surface area (Å²) in [6.07, 6.45) is 0.216. The molecule has 0 unspecified atom stereocenters. The summed E-state index contributed by atoms with van der Waals surface area (Å²) < 4.78 is 7.07. The van der Waals surface area contributed by atoms with Crippen molar-refractivity contribution in [2.75, 3.05) is 6.61 Å². The van der Waals surface area contributed by atoms with Gasteiger partial charge in [0, 0.05) is 0 Å². The van der Waals surface area contributed by atoms with E-state index in [1.807, 2.05) is 18.2 Å². The Hall–Kier alpha value is -0.550. The lowest BCUT2D eigenvalue weighted by atomic mass is 10.3. The van der Waals surface area contributed by atoms with Crippen LogP contribution in [-0.4, -0.2) is 12.5 Å². The Balaban J connectivity index is 2.62. The first kappa shape index (κ1) is 11.5. The molecule has 0 bridgehead atoms. The number of benzene rings is 1. The van der Waals surface area contributed by atoms with Crippen molar-refractivity contribution in [1.82, 2.24) is 0 Å². The zero-order valence-corrected chi connectivity index (χ0v) is 10.5. The van der Waals surface area contributed by atoms with Crippen LogP contribution in [0.5, 0.6) is 5.75 Å². The van der Waals surface area contributed by atoms with Gasteiger partial charge in [0.25, 0.3) is 0 Å². The van der Waals surface area contributed by atoms with E-state index in [0.717, 1.165) is 8.95 Å². The third-order valence-electron chi connectivity index (χ3n) is 1.51. The maximum absolute atomic E-state index is 10.5. The van der Waals surface area contributed by atoms with Gasteiger partial charge < -0.3 is 10.5 Å². The number of ether oxygens (including phenoxy) is 1. The number of nitrogens with two attached hydrogens (primary N) is 1. The summed E-state index contributed by atoms with van der Waals surface area (Å²) in [7, 11) is 0. The molecule has 1 amide bonds. The highest BCUT2D eigenvalue weighted by molar-refractivity contribution is 9.11. The second-order valence-electron chi connectivity index (χ2n) is 2.62. The number of carbonyl (C=O) groups is 1. The van der Waals surface area contributed by atoms with Crippen molar-refractivity contribution in [1.29, 1.82) is 0 Å². The molecule has 0 saturated carbocycles. The highest BCUT2D eigenvalue weighted by atomic mass is 79.9. The minimum atomic E-state index is -0.367. The van der Waals surface area contributed by atoms with Crippen LogP contribution in [0.2, 0.25) is 0 Å². The van der Waals surface area contributed by atoms with Crippen molar-refractivity contribution in [2.24, 2.45) is 5.73 Å². The number of primary amides is 1. The van der Waals surface area contributed by atoms with Gasteiger partial charge in [-0.3, -0.25) is 4.79 Å². The molecule has 2 N–H and O–H groups in total.